The number of anilines is 3. The lowest BCUT2D eigenvalue weighted by Crippen LogP contribution is -2.38. The molecule has 1 N–H and O–H groups in total. The van der Waals surface area contributed by atoms with Gasteiger partial charge in [0.05, 0.1) is 16.8 Å². The Balaban J connectivity index is 1.65. The maximum Gasteiger partial charge on any atom is 0.0749 e. The molecule has 1 aromatic heterocycles. The predicted molar refractivity (Wildman–Crippen MR) is 162 cm³/mol. The van der Waals surface area contributed by atoms with E-state index in [1.54, 1.807) is 0 Å². The van der Waals surface area contributed by atoms with Crippen molar-refractivity contribution in [3.05, 3.63) is 174 Å². The van der Waals surface area contributed by atoms with Crippen molar-refractivity contribution in [2.24, 2.45) is 0 Å². The molecular formula is C37H26N2. The number of nitrogens with zero attached hydrogens (tertiary/aromatic N) is 1. The van der Waals surface area contributed by atoms with Crippen LogP contribution >= 0.6 is 0 Å². The lowest BCUT2D eigenvalue weighted by molar-refractivity contribution is 0.739. The zero-order valence-electron chi connectivity index (χ0n) is 21.4. The molecule has 0 fully saturated rings. The second-order valence-electron chi connectivity index (χ2n) is 10.2. The van der Waals surface area contributed by atoms with Gasteiger partial charge in [0.15, 0.2) is 0 Å². The summed E-state index contributed by atoms with van der Waals surface area (Å²) in [6.07, 6.45) is 0. The molecule has 2 nitrogen and oxygen atoms in total. The number of aromatic nitrogens is 1. The van der Waals surface area contributed by atoms with Crippen LogP contribution in [0.2, 0.25) is 0 Å². The van der Waals surface area contributed by atoms with E-state index in [0.717, 1.165) is 16.7 Å². The predicted octanol–water partition coefficient (Wildman–Crippen LogP) is 9.49. The van der Waals surface area contributed by atoms with Crippen LogP contribution in [0.25, 0.3) is 21.8 Å². The van der Waals surface area contributed by atoms with Crippen LogP contribution in [0.5, 0.6) is 0 Å². The van der Waals surface area contributed by atoms with Crippen molar-refractivity contribution < 1.29 is 0 Å². The van der Waals surface area contributed by atoms with Gasteiger partial charge in [0.25, 0.3) is 0 Å². The van der Waals surface area contributed by atoms with Gasteiger partial charge in [0.1, 0.15) is 0 Å². The third-order valence-electron chi connectivity index (χ3n) is 8.24. The number of hydrogen-bond donors (Lipinski definition) is 1. The van der Waals surface area contributed by atoms with Crippen LogP contribution in [0.4, 0.5) is 17.1 Å². The molecule has 0 saturated carbocycles. The third kappa shape index (κ3) is 3.03. The van der Waals surface area contributed by atoms with Crippen molar-refractivity contribution in [3.63, 3.8) is 0 Å². The molecule has 39 heavy (non-hydrogen) atoms. The first-order valence-corrected chi connectivity index (χ1v) is 13.5. The van der Waals surface area contributed by atoms with Crippen molar-refractivity contribution >= 4 is 38.9 Å². The average Bonchev–Trinajstić information content (AvgIpc) is 3.40. The van der Waals surface area contributed by atoms with Crippen LogP contribution in [0.15, 0.2) is 152 Å². The Morgan fingerprint density at radius 3 is 1.77 bits per heavy atom. The first-order valence-electron chi connectivity index (χ1n) is 13.5. The average molecular weight is 499 g/mol. The Morgan fingerprint density at radius 1 is 0.462 bits per heavy atom. The molecule has 2 heteroatoms. The Hall–Kier alpha value is -5.08. The summed E-state index contributed by atoms with van der Waals surface area (Å²) in [4.78, 5) is 6.17. The summed E-state index contributed by atoms with van der Waals surface area (Å²) >= 11 is 0. The molecule has 184 valence electrons. The summed E-state index contributed by atoms with van der Waals surface area (Å²) in [7, 11) is 0. The highest BCUT2D eigenvalue weighted by Gasteiger charge is 2.47. The van der Waals surface area contributed by atoms with E-state index in [4.69, 9.17) is 0 Å². The van der Waals surface area contributed by atoms with Crippen LogP contribution in [0.3, 0.4) is 0 Å². The largest absolute Gasteiger partial charge is 0.354 e. The SMILES string of the molecule is c1ccc(N2c3ccccc3C(c3ccccc3)(c3ccccc3)c3c2ccc2[nH]c4ccccc4c32)cc1. The molecule has 0 spiro atoms. The fourth-order valence-corrected chi connectivity index (χ4v) is 6.74. The van der Waals surface area contributed by atoms with Crippen molar-refractivity contribution in [1.82, 2.24) is 4.98 Å². The fraction of sp³-hybridized carbons (Fsp3) is 0.0270. The minimum absolute atomic E-state index is 0.524. The van der Waals surface area contributed by atoms with Crippen LogP contribution in [-0.2, 0) is 5.41 Å². The summed E-state index contributed by atoms with van der Waals surface area (Å²) in [6, 6.07) is 55.0. The lowest BCUT2D eigenvalue weighted by Gasteiger charge is -2.47. The van der Waals surface area contributed by atoms with Crippen molar-refractivity contribution in [2.45, 2.75) is 5.41 Å². The van der Waals surface area contributed by atoms with E-state index in [0.29, 0.717) is 0 Å². The Kier molecular flexibility index (Phi) is 4.77. The number of H-pyrrole nitrogens is 1. The zero-order valence-corrected chi connectivity index (χ0v) is 21.4. The number of aromatic amines is 1. The van der Waals surface area contributed by atoms with E-state index >= 15 is 0 Å². The van der Waals surface area contributed by atoms with Crippen LogP contribution in [0, 0.1) is 0 Å². The highest BCUT2D eigenvalue weighted by molar-refractivity contribution is 6.13. The van der Waals surface area contributed by atoms with Gasteiger partial charge in [0.2, 0.25) is 0 Å². The van der Waals surface area contributed by atoms with Gasteiger partial charge >= 0.3 is 0 Å². The van der Waals surface area contributed by atoms with E-state index in [2.05, 4.69) is 162 Å². The molecule has 0 unspecified atom stereocenters. The van der Waals surface area contributed by atoms with Gasteiger partial charge < -0.3 is 9.88 Å². The monoisotopic (exact) mass is 498 g/mol. The minimum Gasteiger partial charge on any atom is -0.354 e. The van der Waals surface area contributed by atoms with Crippen LogP contribution < -0.4 is 4.90 Å². The molecule has 0 bridgehead atoms. The molecule has 1 aliphatic heterocycles. The standard InChI is InChI=1S/C37H26N2/c1-4-14-26(15-5-1)37(27-16-6-2-7-17-27)30-21-11-13-23-33(30)39(28-18-8-3-9-19-28)34-25-24-32-35(36(34)37)29-20-10-12-22-31(29)38-32/h1-25,38H. The Labute approximate surface area is 227 Å². The molecular weight excluding hydrogens is 472 g/mol. The van der Waals surface area contributed by atoms with Crippen molar-refractivity contribution in [3.8, 4) is 0 Å². The summed E-state index contributed by atoms with van der Waals surface area (Å²) < 4.78 is 0. The first-order chi connectivity index (χ1) is 19.4. The van der Waals surface area contributed by atoms with Crippen LogP contribution in [0.1, 0.15) is 22.3 Å². The van der Waals surface area contributed by atoms with Crippen LogP contribution in [-0.4, -0.2) is 4.98 Å². The van der Waals surface area contributed by atoms with E-state index in [9.17, 15) is 0 Å². The summed E-state index contributed by atoms with van der Waals surface area (Å²) in [5, 5.41) is 2.51. The topological polar surface area (TPSA) is 19.0 Å². The molecule has 0 saturated heterocycles. The van der Waals surface area contributed by atoms with Gasteiger partial charge in [-0.1, -0.05) is 115 Å². The molecule has 8 rings (SSSR count). The van der Waals surface area contributed by atoms with Gasteiger partial charge in [-0.25, -0.2) is 0 Å². The first kappa shape index (κ1) is 22.0. The van der Waals surface area contributed by atoms with E-state index in [1.807, 2.05) is 0 Å². The normalized spacial score (nSPS) is 13.8. The van der Waals surface area contributed by atoms with Crippen molar-refractivity contribution in [1.29, 1.82) is 0 Å². The Morgan fingerprint density at radius 2 is 1.05 bits per heavy atom. The number of benzene rings is 6. The molecule has 7 aromatic rings. The Bertz CT molecular complexity index is 1910. The van der Waals surface area contributed by atoms with Gasteiger partial charge in [-0.15, -0.1) is 0 Å². The van der Waals surface area contributed by atoms with Crippen molar-refractivity contribution in [2.75, 3.05) is 4.90 Å². The number of nitrogens with one attached hydrogen (secondary N) is 1. The zero-order chi connectivity index (χ0) is 25.8. The molecule has 1 aliphatic rings. The van der Waals surface area contributed by atoms with Gasteiger partial charge in [-0.2, -0.15) is 0 Å². The number of hydrogen-bond acceptors (Lipinski definition) is 1. The molecule has 0 radical (unpaired) electrons. The lowest BCUT2D eigenvalue weighted by atomic mass is 9.61. The summed E-state index contributed by atoms with van der Waals surface area (Å²) in [6.45, 7) is 0. The third-order valence-corrected chi connectivity index (χ3v) is 8.24. The highest BCUT2D eigenvalue weighted by Crippen LogP contribution is 2.59. The minimum atomic E-state index is -0.524. The number of para-hydroxylation sites is 3. The maximum atomic E-state index is 3.73. The quantitative estimate of drug-likeness (QED) is 0.257. The van der Waals surface area contributed by atoms with E-state index in [-0.39, 0.29) is 0 Å². The van der Waals surface area contributed by atoms with E-state index < -0.39 is 5.41 Å². The summed E-state index contributed by atoms with van der Waals surface area (Å²) in [5.74, 6) is 0. The molecule has 2 heterocycles. The molecule has 0 amide bonds. The fourth-order valence-electron chi connectivity index (χ4n) is 6.74. The second-order valence-corrected chi connectivity index (χ2v) is 10.2. The van der Waals surface area contributed by atoms with Gasteiger partial charge in [-0.3, -0.25) is 0 Å². The second kappa shape index (κ2) is 8.47. The number of rotatable bonds is 3. The smallest absolute Gasteiger partial charge is 0.0749 e. The highest BCUT2D eigenvalue weighted by atomic mass is 15.2. The summed E-state index contributed by atoms with van der Waals surface area (Å²) in [5.41, 5.74) is 10.4. The number of fused-ring (bicyclic) bond motifs is 6. The molecule has 0 atom stereocenters. The van der Waals surface area contributed by atoms with E-state index in [1.165, 1.54) is 44.4 Å². The van der Waals surface area contributed by atoms with Gasteiger partial charge in [-0.05, 0) is 53.1 Å². The van der Waals surface area contributed by atoms with Gasteiger partial charge in [0, 0.05) is 33.1 Å². The maximum absolute atomic E-state index is 3.73. The molecule has 6 aromatic carbocycles. The molecule has 0 aliphatic carbocycles.